The number of hydrogen-bond donors (Lipinski definition) is 2. The number of rotatable bonds is 6. The number of aromatic nitrogens is 2. The zero-order chi connectivity index (χ0) is 11.8. The number of imidazole rings is 1. The van der Waals surface area contributed by atoms with Crippen LogP contribution in [0.1, 0.15) is 25.6 Å². The van der Waals surface area contributed by atoms with Crippen molar-refractivity contribution >= 4 is 11.9 Å². The van der Waals surface area contributed by atoms with Crippen molar-refractivity contribution < 1.29 is 14.3 Å². The van der Waals surface area contributed by atoms with E-state index >= 15 is 0 Å². The highest BCUT2D eigenvalue weighted by Gasteiger charge is 2.07. The van der Waals surface area contributed by atoms with Gasteiger partial charge in [0, 0.05) is 18.8 Å². The molecule has 0 saturated heterocycles. The summed E-state index contributed by atoms with van der Waals surface area (Å²) in [6.45, 7) is 2.41. The van der Waals surface area contributed by atoms with Gasteiger partial charge in [-0.25, -0.2) is 4.98 Å². The summed E-state index contributed by atoms with van der Waals surface area (Å²) in [7, 11) is 0. The Morgan fingerprint density at radius 2 is 2.31 bits per heavy atom. The van der Waals surface area contributed by atoms with Crippen LogP contribution < -0.4 is 5.32 Å². The molecule has 1 rings (SSSR count). The van der Waals surface area contributed by atoms with Crippen LogP contribution in [-0.2, 0) is 20.9 Å². The second-order valence-electron chi connectivity index (χ2n) is 3.12. The molecule has 0 atom stereocenters. The van der Waals surface area contributed by atoms with Gasteiger partial charge in [-0.15, -0.1) is 0 Å². The zero-order valence-electron chi connectivity index (χ0n) is 9.16. The highest BCUT2D eigenvalue weighted by atomic mass is 16.5. The number of hydrogen-bond acceptors (Lipinski definition) is 4. The largest absolute Gasteiger partial charge is 0.466 e. The topological polar surface area (TPSA) is 84.1 Å². The first-order chi connectivity index (χ1) is 7.72. The Bertz CT molecular complexity index is 335. The highest BCUT2D eigenvalue weighted by molar-refractivity contribution is 5.81. The molecule has 1 amide bonds. The van der Waals surface area contributed by atoms with E-state index < -0.39 is 0 Å². The molecule has 1 aromatic rings. The van der Waals surface area contributed by atoms with Crippen molar-refractivity contribution in [3.63, 3.8) is 0 Å². The van der Waals surface area contributed by atoms with E-state index in [0.717, 1.165) is 0 Å². The van der Waals surface area contributed by atoms with Crippen LogP contribution in [0.5, 0.6) is 0 Å². The number of ether oxygens (including phenoxy) is 1. The highest BCUT2D eigenvalue weighted by Crippen LogP contribution is 1.94. The summed E-state index contributed by atoms with van der Waals surface area (Å²) in [5.74, 6) is 0.143. The summed E-state index contributed by atoms with van der Waals surface area (Å²) in [5, 5.41) is 2.64. The van der Waals surface area contributed by atoms with Crippen molar-refractivity contribution in [1.82, 2.24) is 15.3 Å². The maximum atomic E-state index is 11.3. The molecular weight excluding hydrogens is 210 g/mol. The van der Waals surface area contributed by atoms with Gasteiger partial charge in [0.05, 0.1) is 19.6 Å². The number of nitrogens with zero attached hydrogens (tertiary/aromatic N) is 1. The monoisotopic (exact) mass is 225 g/mol. The first kappa shape index (κ1) is 12.2. The summed E-state index contributed by atoms with van der Waals surface area (Å²) in [6.07, 6.45) is 3.54. The molecule has 6 heteroatoms. The van der Waals surface area contributed by atoms with Gasteiger partial charge in [-0.05, 0) is 6.92 Å². The quantitative estimate of drug-likeness (QED) is 0.685. The summed E-state index contributed by atoms with van der Waals surface area (Å²) in [4.78, 5) is 29.1. The van der Waals surface area contributed by atoms with E-state index in [2.05, 4.69) is 15.3 Å². The molecule has 88 valence electrons. The minimum atomic E-state index is -0.351. The second-order valence-corrected chi connectivity index (χ2v) is 3.12. The summed E-state index contributed by atoms with van der Waals surface area (Å²) < 4.78 is 4.71. The van der Waals surface area contributed by atoms with Crippen LogP contribution >= 0.6 is 0 Å². The number of amides is 1. The average molecular weight is 225 g/mol. The van der Waals surface area contributed by atoms with Crippen molar-refractivity contribution in [3.05, 3.63) is 18.2 Å². The van der Waals surface area contributed by atoms with E-state index in [1.165, 1.54) is 0 Å². The van der Waals surface area contributed by atoms with Crippen molar-refractivity contribution in [2.75, 3.05) is 6.61 Å². The molecule has 0 aromatic carbocycles. The molecule has 0 saturated carbocycles. The molecule has 0 fully saturated rings. The zero-order valence-corrected chi connectivity index (χ0v) is 9.16. The van der Waals surface area contributed by atoms with Gasteiger partial charge in [0.2, 0.25) is 5.91 Å². The Kier molecular flexibility index (Phi) is 5.04. The fourth-order valence-corrected chi connectivity index (χ4v) is 1.11. The molecule has 0 radical (unpaired) electrons. The third-order valence-corrected chi connectivity index (χ3v) is 1.87. The van der Waals surface area contributed by atoms with Gasteiger partial charge in [0.25, 0.3) is 0 Å². The lowest BCUT2D eigenvalue weighted by atomic mass is 10.3. The van der Waals surface area contributed by atoms with Crippen molar-refractivity contribution in [2.24, 2.45) is 0 Å². The van der Waals surface area contributed by atoms with E-state index in [1.54, 1.807) is 19.3 Å². The molecule has 0 aliphatic carbocycles. The maximum absolute atomic E-state index is 11.3. The van der Waals surface area contributed by atoms with E-state index in [4.69, 9.17) is 4.74 Å². The summed E-state index contributed by atoms with van der Waals surface area (Å²) in [5.41, 5.74) is 0. The van der Waals surface area contributed by atoms with Crippen LogP contribution in [-0.4, -0.2) is 28.5 Å². The number of esters is 1. The lowest BCUT2D eigenvalue weighted by Gasteiger charge is -2.03. The van der Waals surface area contributed by atoms with Gasteiger partial charge < -0.3 is 15.0 Å². The normalized spacial score (nSPS) is 9.81. The molecule has 1 heterocycles. The number of aromatic amines is 1. The Labute approximate surface area is 93.4 Å². The summed E-state index contributed by atoms with van der Waals surface area (Å²) >= 11 is 0. The van der Waals surface area contributed by atoms with Gasteiger partial charge in [0.15, 0.2) is 0 Å². The van der Waals surface area contributed by atoms with Crippen LogP contribution in [0.3, 0.4) is 0 Å². The maximum Gasteiger partial charge on any atom is 0.306 e. The third-order valence-electron chi connectivity index (χ3n) is 1.87. The molecule has 0 aliphatic heterocycles. The SMILES string of the molecule is CCOC(=O)CCC(=O)NCc1ncc[nH]1. The Balaban J connectivity index is 2.14. The molecule has 2 N–H and O–H groups in total. The Hall–Kier alpha value is -1.85. The molecule has 1 aromatic heterocycles. The van der Waals surface area contributed by atoms with Gasteiger partial charge in [-0.3, -0.25) is 9.59 Å². The van der Waals surface area contributed by atoms with E-state index in [1.807, 2.05) is 0 Å². The minimum absolute atomic E-state index is 0.109. The molecule has 0 spiro atoms. The first-order valence-electron chi connectivity index (χ1n) is 5.13. The van der Waals surface area contributed by atoms with Crippen LogP contribution in [0.2, 0.25) is 0 Å². The molecule has 16 heavy (non-hydrogen) atoms. The minimum Gasteiger partial charge on any atom is -0.466 e. The van der Waals surface area contributed by atoms with Gasteiger partial charge in [-0.1, -0.05) is 0 Å². The smallest absolute Gasteiger partial charge is 0.306 e. The van der Waals surface area contributed by atoms with Crippen LogP contribution in [0.4, 0.5) is 0 Å². The average Bonchev–Trinajstić information content (AvgIpc) is 2.77. The molecular formula is C10H15N3O3. The predicted octanol–water partition coefficient (Wildman–Crippen LogP) is 0.369. The van der Waals surface area contributed by atoms with Crippen molar-refractivity contribution in [1.29, 1.82) is 0 Å². The number of carbonyl (C=O) groups is 2. The molecule has 0 aliphatic rings. The fourth-order valence-electron chi connectivity index (χ4n) is 1.11. The van der Waals surface area contributed by atoms with Gasteiger partial charge >= 0.3 is 5.97 Å². The predicted molar refractivity (Wildman–Crippen MR) is 56.3 cm³/mol. The van der Waals surface area contributed by atoms with E-state index in [9.17, 15) is 9.59 Å². The molecule has 0 bridgehead atoms. The lowest BCUT2D eigenvalue weighted by molar-refractivity contribution is -0.144. The van der Waals surface area contributed by atoms with E-state index in [-0.39, 0.29) is 24.7 Å². The molecule has 0 unspecified atom stereocenters. The first-order valence-corrected chi connectivity index (χ1v) is 5.13. The third kappa shape index (κ3) is 4.59. The van der Waals surface area contributed by atoms with Crippen molar-refractivity contribution in [3.8, 4) is 0 Å². The second kappa shape index (κ2) is 6.60. The van der Waals surface area contributed by atoms with E-state index in [0.29, 0.717) is 19.0 Å². The molecule has 6 nitrogen and oxygen atoms in total. The Morgan fingerprint density at radius 3 is 2.94 bits per heavy atom. The van der Waals surface area contributed by atoms with Crippen LogP contribution in [0.25, 0.3) is 0 Å². The number of carbonyl (C=O) groups excluding carboxylic acids is 2. The van der Waals surface area contributed by atoms with Crippen molar-refractivity contribution in [2.45, 2.75) is 26.3 Å². The Morgan fingerprint density at radius 1 is 1.50 bits per heavy atom. The number of H-pyrrole nitrogens is 1. The summed E-state index contributed by atoms with van der Waals surface area (Å²) in [6, 6.07) is 0. The standard InChI is InChI=1S/C10H15N3O3/c1-2-16-10(15)4-3-9(14)13-7-8-11-5-6-12-8/h5-6H,2-4,7H2,1H3,(H,11,12)(H,13,14). The van der Waals surface area contributed by atoms with Crippen LogP contribution in [0.15, 0.2) is 12.4 Å². The van der Waals surface area contributed by atoms with Crippen LogP contribution in [0, 0.1) is 0 Å². The lowest BCUT2D eigenvalue weighted by Crippen LogP contribution is -2.24. The van der Waals surface area contributed by atoms with Gasteiger partial charge in [0.1, 0.15) is 5.82 Å². The fraction of sp³-hybridized carbons (Fsp3) is 0.500. The number of nitrogens with one attached hydrogen (secondary N) is 2. The van der Waals surface area contributed by atoms with Gasteiger partial charge in [-0.2, -0.15) is 0 Å².